The van der Waals surface area contributed by atoms with Crippen molar-refractivity contribution in [3.8, 4) is 5.75 Å². The molecule has 33 heavy (non-hydrogen) atoms. The van der Waals surface area contributed by atoms with E-state index in [9.17, 15) is 18.8 Å². The molecule has 8 nitrogen and oxygen atoms in total. The lowest BCUT2D eigenvalue weighted by atomic mass is 10.0. The van der Waals surface area contributed by atoms with Crippen LogP contribution in [0, 0.1) is 5.82 Å². The van der Waals surface area contributed by atoms with Gasteiger partial charge >= 0.3 is 0 Å². The zero-order valence-electron chi connectivity index (χ0n) is 17.9. The van der Waals surface area contributed by atoms with Gasteiger partial charge in [-0.25, -0.2) is 4.39 Å². The highest BCUT2D eigenvalue weighted by Gasteiger charge is 2.38. The standard InChI is InChI=1S/C24H23FN2O6/c25-17-8-14(21-16(9-17)12-31-13-33-21)5-6-26-22(28)15-3-4-19-20(10-15)24(30)27(23(19)29)11-18-2-1-7-32-18/h3-4,8-10,18H,1-2,5-7,11-13H2,(H,26,28). The first-order valence-corrected chi connectivity index (χ1v) is 10.9. The SMILES string of the molecule is O=C(NCCc1cc(F)cc2c1OCOC2)c1ccc2c(c1)C(=O)N(CC1CCCO1)C2=O. The van der Waals surface area contributed by atoms with Crippen LogP contribution >= 0.6 is 0 Å². The van der Waals surface area contributed by atoms with Gasteiger partial charge in [-0.1, -0.05) is 0 Å². The Kier molecular flexibility index (Phi) is 5.82. The van der Waals surface area contributed by atoms with Crippen LogP contribution in [0.5, 0.6) is 5.75 Å². The number of ether oxygens (including phenoxy) is 3. The van der Waals surface area contributed by atoms with Crippen LogP contribution in [-0.4, -0.2) is 55.2 Å². The summed E-state index contributed by atoms with van der Waals surface area (Å²) in [7, 11) is 0. The smallest absolute Gasteiger partial charge is 0.261 e. The number of amides is 3. The normalized spacial score (nSPS) is 19.3. The molecule has 5 rings (SSSR count). The summed E-state index contributed by atoms with van der Waals surface area (Å²) in [5, 5.41) is 2.78. The van der Waals surface area contributed by atoms with Crippen molar-refractivity contribution in [2.45, 2.75) is 32.0 Å². The van der Waals surface area contributed by atoms with E-state index in [-0.39, 0.29) is 55.5 Å². The number of fused-ring (bicyclic) bond motifs is 2. The zero-order valence-corrected chi connectivity index (χ0v) is 17.9. The highest BCUT2D eigenvalue weighted by molar-refractivity contribution is 6.22. The van der Waals surface area contributed by atoms with Gasteiger partial charge < -0.3 is 19.5 Å². The van der Waals surface area contributed by atoms with Crippen LogP contribution in [0.4, 0.5) is 4.39 Å². The lowest BCUT2D eigenvalue weighted by molar-refractivity contribution is -0.0172. The fourth-order valence-corrected chi connectivity index (χ4v) is 4.44. The summed E-state index contributed by atoms with van der Waals surface area (Å²) < 4.78 is 30.1. The van der Waals surface area contributed by atoms with E-state index in [4.69, 9.17) is 14.2 Å². The molecule has 1 fully saturated rings. The number of carbonyl (C=O) groups excluding carboxylic acids is 3. The van der Waals surface area contributed by atoms with E-state index in [1.807, 2.05) is 0 Å². The van der Waals surface area contributed by atoms with Gasteiger partial charge in [0.25, 0.3) is 17.7 Å². The number of nitrogens with one attached hydrogen (secondary N) is 1. The molecule has 1 atom stereocenters. The van der Waals surface area contributed by atoms with E-state index in [2.05, 4.69) is 5.32 Å². The minimum absolute atomic E-state index is 0.101. The summed E-state index contributed by atoms with van der Waals surface area (Å²) in [6.45, 7) is 1.48. The predicted molar refractivity (Wildman–Crippen MR) is 114 cm³/mol. The molecule has 0 spiro atoms. The number of imide groups is 1. The molecule has 3 aliphatic heterocycles. The van der Waals surface area contributed by atoms with Gasteiger partial charge in [-0.15, -0.1) is 0 Å². The Labute approximate surface area is 189 Å². The Morgan fingerprint density at radius 1 is 1.15 bits per heavy atom. The van der Waals surface area contributed by atoms with Crippen LogP contribution in [0.3, 0.4) is 0 Å². The minimum atomic E-state index is -0.411. The first-order chi connectivity index (χ1) is 16.0. The van der Waals surface area contributed by atoms with Gasteiger partial charge in [0.15, 0.2) is 6.79 Å². The van der Waals surface area contributed by atoms with Gasteiger partial charge in [0.1, 0.15) is 11.6 Å². The molecule has 2 aromatic carbocycles. The lowest BCUT2D eigenvalue weighted by Gasteiger charge is -2.21. The summed E-state index contributed by atoms with van der Waals surface area (Å²) in [5.41, 5.74) is 2.07. The number of halogens is 1. The molecular weight excluding hydrogens is 431 g/mol. The number of rotatable bonds is 6. The summed E-state index contributed by atoms with van der Waals surface area (Å²) >= 11 is 0. The predicted octanol–water partition coefficient (Wildman–Crippen LogP) is 2.44. The van der Waals surface area contributed by atoms with Crippen molar-refractivity contribution in [2.24, 2.45) is 0 Å². The summed E-state index contributed by atoms with van der Waals surface area (Å²) in [5.74, 6) is -0.961. The maximum atomic E-state index is 13.9. The second kappa shape index (κ2) is 8.92. The van der Waals surface area contributed by atoms with Crippen LogP contribution in [0.1, 0.15) is 55.0 Å². The fourth-order valence-electron chi connectivity index (χ4n) is 4.44. The van der Waals surface area contributed by atoms with Crippen molar-refractivity contribution in [2.75, 3.05) is 26.5 Å². The average molecular weight is 454 g/mol. The van der Waals surface area contributed by atoms with Gasteiger partial charge in [0.05, 0.1) is 30.4 Å². The van der Waals surface area contributed by atoms with Gasteiger partial charge in [-0.3, -0.25) is 19.3 Å². The molecule has 3 heterocycles. The summed E-state index contributed by atoms with van der Waals surface area (Å²) in [4.78, 5) is 39.3. The van der Waals surface area contributed by atoms with Gasteiger partial charge in [-0.05, 0) is 55.2 Å². The molecule has 1 N–H and O–H groups in total. The van der Waals surface area contributed by atoms with E-state index in [0.717, 1.165) is 12.8 Å². The molecule has 3 amide bonds. The number of carbonyl (C=O) groups is 3. The topological polar surface area (TPSA) is 94.2 Å². The Morgan fingerprint density at radius 3 is 2.82 bits per heavy atom. The Morgan fingerprint density at radius 2 is 2.00 bits per heavy atom. The third kappa shape index (κ3) is 4.21. The van der Waals surface area contributed by atoms with Crippen molar-refractivity contribution in [3.05, 3.63) is 64.0 Å². The van der Waals surface area contributed by atoms with Crippen LogP contribution in [0.2, 0.25) is 0 Å². The molecule has 9 heteroatoms. The highest BCUT2D eigenvalue weighted by atomic mass is 19.1. The Bertz CT molecular complexity index is 1130. The first-order valence-electron chi connectivity index (χ1n) is 10.9. The van der Waals surface area contributed by atoms with E-state index in [1.54, 1.807) is 0 Å². The third-order valence-electron chi connectivity index (χ3n) is 6.07. The molecule has 0 saturated carbocycles. The van der Waals surface area contributed by atoms with E-state index < -0.39 is 11.7 Å². The van der Waals surface area contributed by atoms with Crippen molar-refractivity contribution < 1.29 is 33.0 Å². The van der Waals surface area contributed by atoms with Crippen LogP contribution in [0.25, 0.3) is 0 Å². The molecule has 1 unspecified atom stereocenters. The van der Waals surface area contributed by atoms with E-state index >= 15 is 0 Å². The molecular formula is C24H23FN2O6. The van der Waals surface area contributed by atoms with Gasteiger partial charge in [0, 0.05) is 24.3 Å². The van der Waals surface area contributed by atoms with Crippen LogP contribution in [-0.2, 0) is 22.5 Å². The molecule has 172 valence electrons. The number of hydrogen-bond donors (Lipinski definition) is 1. The van der Waals surface area contributed by atoms with Crippen molar-refractivity contribution in [1.82, 2.24) is 10.2 Å². The largest absolute Gasteiger partial charge is 0.467 e. The molecule has 0 radical (unpaired) electrons. The number of nitrogens with zero attached hydrogens (tertiary/aromatic N) is 1. The minimum Gasteiger partial charge on any atom is -0.467 e. The average Bonchev–Trinajstić information content (AvgIpc) is 3.41. The van der Waals surface area contributed by atoms with E-state index in [0.29, 0.717) is 35.5 Å². The maximum absolute atomic E-state index is 13.9. The molecule has 2 aromatic rings. The first kappa shape index (κ1) is 21.5. The summed E-state index contributed by atoms with van der Waals surface area (Å²) in [6, 6.07) is 7.25. The lowest BCUT2D eigenvalue weighted by Crippen LogP contribution is -2.36. The Balaban J connectivity index is 1.24. The number of hydrogen-bond acceptors (Lipinski definition) is 6. The van der Waals surface area contributed by atoms with E-state index in [1.165, 1.54) is 35.2 Å². The molecule has 0 aliphatic carbocycles. The molecule has 0 bridgehead atoms. The van der Waals surface area contributed by atoms with Crippen LogP contribution < -0.4 is 10.1 Å². The van der Waals surface area contributed by atoms with Crippen LogP contribution in [0.15, 0.2) is 30.3 Å². The number of benzene rings is 2. The third-order valence-corrected chi connectivity index (χ3v) is 6.07. The maximum Gasteiger partial charge on any atom is 0.261 e. The zero-order chi connectivity index (χ0) is 22.9. The van der Waals surface area contributed by atoms with Gasteiger partial charge in [0.2, 0.25) is 0 Å². The molecule has 0 aromatic heterocycles. The second-order valence-electron chi connectivity index (χ2n) is 8.29. The fraction of sp³-hybridized carbons (Fsp3) is 0.375. The monoisotopic (exact) mass is 454 g/mol. The van der Waals surface area contributed by atoms with Crippen molar-refractivity contribution in [1.29, 1.82) is 0 Å². The van der Waals surface area contributed by atoms with Gasteiger partial charge in [-0.2, -0.15) is 0 Å². The Hall–Kier alpha value is -3.30. The van der Waals surface area contributed by atoms with Crippen molar-refractivity contribution in [3.63, 3.8) is 0 Å². The van der Waals surface area contributed by atoms with Crippen molar-refractivity contribution >= 4 is 17.7 Å². The molecule has 1 saturated heterocycles. The highest BCUT2D eigenvalue weighted by Crippen LogP contribution is 2.30. The summed E-state index contributed by atoms with van der Waals surface area (Å²) in [6.07, 6.45) is 1.95. The quantitative estimate of drug-likeness (QED) is 0.674. The second-order valence-corrected chi connectivity index (χ2v) is 8.29. The molecule has 3 aliphatic rings.